The van der Waals surface area contributed by atoms with E-state index in [0.717, 1.165) is 18.7 Å². The number of hydrogen-bond donors (Lipinski definition) is 0. The first kappa shape index (κ1) is 21.1. The van der Waals surface area contributed by atoms with Gasteiger partial charge in [-0.3, -0.25) is 9.36 Å². The van der Waals surface area contributed by atoms with E-state index >= 15 is 0 Å². The van der Waals surface area contributed by atoms with Gasteiger partial charge in [0.05, 0.1) is 12.1 Å². The summed E-state index contributed by atoms with van der Waals surface area (Å²) in [6.45, 7) is 7.54. The molecule has 0 N–H and O–H groups in total. The summed E-state index contributed by atoms with van der Waals surface area (Å²) in [5.41, 5.74) is 6.45. The lowest BCUT2D eigenvalue weighted by molar-refractivity contribution is 0.0747. The standard InChI is InChI=1S/C27H27N3O3/c1-19-8-9-20(2)23(16-19)28-12-14-29(15-13-28)26(31)22-10-11-25-24(17-22)30(27(32)33-25)18-21-6-4-3-5-7-21/h3-11,16-17H,12-15,18H2,1-2H3. The molecule has 0 saturated carbocycles. The van der Waals surface area contributed by atoms with Crippen molar-refractivity contribution in [3.05, 3.63) is 99.5 Å². The number of carbonyl (C=O) groups is 1. The minimum atomic E-state index is -0.416. The number of benzene rings is 3. The first-order valence-electron chi connectivity index (χ1n) is 11.3. The van der Waals surface area contributed by atoms with Crippen LogP contribution in [0.2, 0.25) is 0 Å². The van der Waals surface area contributed by atoms with E-state index in [-0.39, 0.29) is 5.91 Å². The molecule has 0 unspecified atom stereocenters. The van der Waals surface area contributed by atoms with Crippen LogP contribution >= 0.6 is 0 Å². The normalized spacial score (nSPS) is 14.1. The summed E-state index contributed by atoms with van der Waals surface area (Å²) in [6.07, 6.45) is 0. The second-order valence-corrected chi connectivity index (χ2v) is 8.69. The molecule has 6 heteroatoms. The van der Waals surface area contributed by atoms with Gasteiger partial charge in [0, 0.05) is 37.4 Å². The minimum Gasteiger partial charge on any atom is -0.408 e. The molecular weight excluding hydrogens is 414 g/mol. The van der Waals surface area contributed by atoms with Gasteiger partial charge in [-0.05, 0) is 54.8 Å². The molecule has 0 atom stereocenters. The molecule has 0 bridgehead atoms. The van der Waals surface area contributed by atoms with Gasteiger partial charge >= 0.3 is 5.76 Å². The molecule has 0 radical (unpaired) electrons. The van der Waals surface area contributed by atoms with Gasteiger partial charge in [0.25, 0.3) is 5.91 Å². The molecule has 0 spiro atoms. The lowest BCUT2D eigenvalue weighted by Crippen LogP contribution is -2.49. The van der Waals surface area contributed by atoms with Crippen LogP contribution in [0.3, 0.4) is 0 Å². The third-order valence-corrected chi connectivity index (χ3v) is 6.37. The molecule has 1 amide bonds. The lowest BCUT2D eigenvalue weighted by Gasteiger charge is -2.37. The van der Waals surface area contributed by atoms with Crippen LogP contribution < -0.4 is 10.7 Å². The number of aromatic nitrogens is 1. The van der Waals surface area contributed by atoms with Gasteiger partial charge < -0.3 is 14.2 Å². The Morgan fingerprint density at radius 2 is 1.67 bits per heavy atom. The van der Waals surface area contributed by atoms with Crippen molar-refractivity contribution in [2.75, 3.05) is 31.1 Å². The zero-order valence-electron chi connectivity index (χ0n) is 19.0. The Morgan fingerprint density at radius 3 is 2.42 bits per heavy atom. The molecule has 3 aromatic carbocycles. The van der Waals surface area contributed by atoms with Crippen LogP contribution in [-0.4, -0.2) is 41.6 Å². The van der Waals surface area contributed by atoms with Crippen molar-refractivity contribution in [2.24, 2.45) is 0 Å². The van der Waals surface area contributed by atoms with E-state index in [1.165, 1.54) is 16.8 Å². The van der Waals surface area contributed by atoms with Crippen molar-refractivity contribution in [2.45, 2.75) is 20.4 Å². The van der Waals surface area contributed by atoms with Gasteiger partial charge in [0.2, 0.25) is 0 Å². The van der Waals surface area contributed by atoms with E-state index in [1.54, 1.807) is 22.8 Å². The number of hydrogen-bond acceptors (Lipinski definition) is 4. The first-order valence-corrected chi connectivity index (χ1v) is 11.3. The zero-order valence-corrected chi connectivity index (χ0v) is 19.0. The number of nitrogens with zero attached hydrogens (tertiary/aromatic N) is 3. The van der Waals surface area contributed by atoms with Crippen LogP contribution in [0.1, 0.15) is 27.0 Å². The summed E-state index contributed by atoms with van der Waals surface area (Å²) < 4.78 is 6.99. The molecule has 6 nitrogen and oxygen atoms in total. The molecule has 168 valence electrons. The van der Waals surface area contributed by atoms with E-state index in [9.17, 15) is 9.59 Å². The molecule has 1 aliphatic heterocycles. The van der Waals surface area contributed by atoms with Crippen molar-refractivity contribution in [3.63, 3.8) is 0 Å². The number of rotatable bonds is 4. The molecule has 1 fully saturated rings. The third kappa shape index (κ3) is 4.16. The van der Waals surface area contributed by atoms with Crippen LogP contribution in [0, 0.1) is 13.8 Å². The minimum absolute atomic E-state index is 0.0163. The Morgan fingerprint density at radius 1 is 0.909 bits per heavy atom. The maximum absolute atomic E-state index is 13.3. The molecule has 1 saturated heterocycles. The fourth-order valence-electron chi connectivity index (χ4n) is 4.50. The number of fused-ring (bicyclic) bond motifs is 1. The fourth-order valence-corrected chi connectivity index (χ4v) is 4.50. The maximum atomic E-state index is 13.3. The Bertz CT molecular complexity index is 1360. The van der Waals surface area contributed by atoms with Crippen molar-refractivity contribution in [1.82, 2.24) is 9.47 Å². The van der Waals surface area contributed by atoms with Crippen LogP contribution in [0.15, 0.2) is 75.9 Å². The van der Waals surface area contributed by atoms with Crippen molar-refractivity contribution in [1.29, 1.82) is 0 Å². The summed E-state index contributed by atoms with van der Waals surface area (Å²) in [5, 5.41) is 0. The molecule has 1 aromatic heterocycles. The summed E-state index contributed by atoms with van der Waals surface area (Å²) >= 11 is 0. The first-order chi connectivity index (χ1) is 16.0. The molecule has 2 heterocycles. The van der Waals surface area contributed by atoms with E-state index in [1.807, 2.05) is 35.2 Å². The second-order valence-electron chi connectivity index (χ2n) is 8.69. The molecule has 33 heavy (non-hydrogen) atoms. The van der Waals surface area contributed by atoms with Gasteiger partial charge in [-0.25, -0.2) is 4.79 Å². The Balaban J connectivity index is 1.35. The van der Waals surface area contributed by atoms with Crippen LogP contribution in [0.5, 0.6) is 0 Å². The predicted octanol–water partition coefficient (Wildman–Crippen LogP) is 4.22. The van der Waals surface area contributed by atoms with Crippen molar-refractivity contribution in [3.8, 4) is 0 Å². The number of aryl methyl sites for hydroxylation is 2. The summed E-state index contributed by atoms with van der Waals surface area (Å²) in [5.74, 6) is -0.432. The number of carbonyl (C=O) groups excluding carboxylic acids is 1. The SMILES string of the molecule is Cc1ccc(C)c(N2CCN(C(=O)c3ccc4oc(=O)n(Cc5ccccc5)c4c3)CC2)c1. The van der Waals surface area contributed by atoms with Crippen LogP contribution in [0.4, 0.5) is 5.69 Å². The number of oxazole rings is 1. The topological polar surface area (TPSA) is 58.7 Å². The Labute approximate surface area is 192 Å². The van der Waals surface area contributed by atoms with E-state index in [2.05, 4.69) is 36.9 Å². The number of piperazine rings is 1. The highest BCUT2D eigenvalue weighted by Gasteiger charge is 2.24. The maximum Gasteiger partial charge on any atom is 0.420 e. The highest BCUT2D eigenvalue weighted by atomic mass is 16.4. The number of amides is 1. The molecule has 0 aliphatic carbocycles. The van der Waals surface area contributed by atoms with Gasteiger partial charge in [-0.2, -0.15) is 0 Å². The quantitative estimate of drug-likeness (QED) is 0.476. The molecule has 1 aliphatic rings. The molecule has 5 rings (SSSR count). The zero-order chi connectivity index (χ0) is 22.9. The van der Waals surface area contributed by atoms with Gasteiger partial charge in [0.1, 0.15) is 0 Å². The van der Waals surface area contributed by atoms with Gasteiger partial charge in [0.15, 0.2) is 5.58 Å². The lowest BCUT2D eigenvalue weighted by atomic mass is 10.1. The van der Waals surface area contributed by atoms with E-state index in [4.69, 9.17) is 4.42 Å². The fraction of sp³-hybridized carbons (Fsp3) is 0.259. The van der Waals surface area contributed by atoms with Crippen molar-refractivity contribution >= 4 is 22.7 Å². The third-order valence-electron chi connectivity index (χ3n) is 6.37. The average Bonchev–Trinajstić information content (AvgIpc) is 3.15. The molecular formula is C27H27N3O3. The second kappa shape index (κ2) is 8.62. The van der Waals surface area contributed by atoms with Crippen LogP contribution in [0.25, 0.3) is 11.1 Å². The summed E-state index contributed by atoms with van der Waals surface area (Å²) in [4.78, 5) is 30.0. The van der Waals surface area contributed by atoms with Gasteiger partial charge in [-0.1, -0.05) is 42.5 Å². The monoisotopic (exact) mass is 441 g/mol. The Hall–Kier alpha value is -3.80. The smallest absolute Gasteiger partial charge is 0.408 e. The highest BCUT2D eigenvalue weighted by molar-refractivity contribution is 5.97. The number of anilines is 1. The average molecular weight is 442 g/mol. The van der Waals surface area contributed by atoms with E-state index < -0.39 is 5.76 Å². The summed E-state index contributed by atoms with van der Waals surface area (Å²) in [6, 6.07) is 21.5. The summed E-state index contributed by atoms with van der Waals surface area (Å²) in [7, 11) is 0. The molecule has 4 aromatic rings. The van der Waals surface area contributed by atoms with Crippen molar-refractivity contribution < 1.29 is 9.21 Å². The highest BCUT2D eigenvalue weighted by Crippen LogP contribution is 2.24. The predicted molar refractivity (Wildman–Crippen MR) is 130 cm³/mol. The van der Waals surface area contributed by atoms with Gasteiger partial charge in [-0.15, -0.1) is 0 Å². The van der Waals surface area contributed by atoms with Crippen LogP contribution in [-0.2, 0) is 6.54 Å². The van der Waals surface area contributed by atoms with E-state index in [0.29, 0.717) is 36.3 Å². The largest absolute Gasteiger partial charge is 0.420 e. The Kier molecular flexibility index (Phi) is 5.50.